The molecule has 34 heavy (non-hydrogen) atoms. The number of hydrogen-bond acceptors (Lipinski definition) is 6. The van der Waals surface area contributed by atoms with Gasteiger partial charge in [-0.3, -0.25) is 0 Å². The highest BCUT2D eigenvalue weighted by Crippen LogP contribution is 2.41. The van der Waals surface area contributed by atoms with Gasteiger partial charge < -0.3 is 18.3 Å². The molecule has 0 bridgehead atoms. The molecule has 0 saturated heterocycles. The Kier molecular flexibility index (Phi) is 4.55. The SMILES string of the molecule is CCc1ccc2oc(=O)c3c(-c4ccc(OC)c(OC)c4)nc4c5ccccc5oc4c3c2c1. The van der Waals surface area contributed by atoms with Gasteiger partial charge in [-0.25, -0.2) is 9.78 Å². The molecule has 0 fully saturated rings. The zero-order valence-electron chi connectivity index (χ0n) is 19.0. The van der Waals surface area contributed by atoms with Gasteiger partial charge >= 0.3 is 5.63 Å². The summed E-state index contributed by atoms with van der Waals surface area (Å²) >= 11 is 0. The van der Waals surface area contributed by atoms with Crippen LogP contribution >= 0.6 is 0 Å². The van der Waals surface area contributed by atoms with E-state index < -0.39 is 5.63 Å². The first-order valence-electron chi connectivity index (χ1n) is 11.1. The predicted octanol–water partition coefficient (Wildman–Crippen LogP) is 6.49. The van der Waals surface area contributed by atoms with Gasteiger partial charge in [0.1, 0.15) is 16.7 Å². The summed E-state index contributed by atoms with van der Waals surface area (Å²) in [4.78, 5) is 18.3. The Labute approximate surface area is 194 Å². The smallest absolute Gasteiger partial charge is 0.346 e. The fourth-order valence-electron chi connectivity index (χ4n) is 4.59. The number of rotatable bonds is 4. The van der Waals surface area contributed by atoms with Crippen LogP contribution in [-0.4, -0.2) is 19.2 Å². The number of aromatic nitrogens is 1. The minimum atomic E-state index is -0.466. The number of methoxy groups -OCH3 is 2. The Balaban J connectivity index is 1.86. The summed E-state index contributed by atoms with van der Waals surface area (Å²) in [5.41, 5.74) is 4.39. The molecule has 0 spiro atoms. The van der Waals surface area contributed by atoms with E-state index in [2.05, 4.69) is 13.0 Å². The van der Waals surface area contributed by atoms with E-state index in [1.807, 2.05) is 48.5 Å². The van der Waals surface area contributed by atoms with Crippen molar-refractivity contribution in [3.05, 3.63) is 76.6 Å². The molecule has 0 saturated carbocycles. The average molecular weight is 451 g/mol. The summed E-state index contributed by atoms with van der Waals surface area (Å²) in [7, 11) is 3.16. The van der Waals surface area contributed by atoms with E-state index in [-0.39, 0.29) is 0 Å². The van der Waals surface area contributed by atoms with Gasteiger partial charge in [-0.2, -0.15) is 0 Å². The zero-order chi connectivity index (χ0) is 23.4. The number of para-hydroxylation sites is 1. The molecule has 0 radical (unpaired) electrons. The van der Waals surface area contributed by atoms with Crippen molar-refractivity contribution in [1.29, 1.82) is 0 Å². The van der Waals surface area contributed by atoms with E-state index in [0.717, 1.165) is 22.8 Å². The third-order valence-corrected chi connectivity index (χ3v) is 6.29. The molecular formula is C28H21NO5. The van der Waals surface area contributed by atoms with E-state index >= 15 is 0 Å². The predicted molar refractivity (Wildman–Crippen MR) is 133 cm³/mol. The number of hydrogen-bond donors (Lipinski definition) is 0. The van der Waals surface area contributed by atoms with Gasteiger partial charge in [0.25, 0.3) is 0 Å². The molecule has 0 aliphatic heterocycles. The summed E-state index contributed by atoms with van der Waals surface area (Å²) in [5.74, 6) is 1.14. The number of furan rings is 1. The highest BCUT2D eigenvalue weighted by atomic mass is 16.5. The van der Waals surface area contributed by atoms with Crippen molar-refractivity contribution in [2.75, 3.05) is 14.2 Å². The van der Waals surface area contributed by atoms with Crippen molar-refractivity contribution in [1.82, 2.24) is 4.98 Å². The molecule has 0 N–H and O–H groups in total. The maximum atomic E-state index is 13.4. The highest BCUT2D eigenvalue weighted by molar-refractivity contribution is 6.23. The van der Waals surface area contributed by atoms with Gasteiger partial charge in [-0.1, -0.05) is 25.1 Å². The largest absolute Gasteiger partial charge is 0.493 e. The molecule has 0 atom stereocenters. The fourth-order valence-corrected chi connectivity index (χ4v) is 4.59. The van der Waals surface area contributed by atoms with Crippen molar-refractivity contribution in [2.24, 2.45) is 0 Å². The molecule has 3 aromatic carbocycles. The third-order valence-electron chi connectivity index (χ3n) is 6.29. The van der Waals surface area contributed by atoms with Crippen LogP contribution in [0, 0.1) is 0 Å². The van der Waals surface area contributed by atoms with Gasteiger partial charge in [-0.05, 0) is 54.4 Å². The second-order valence-corrected chi connectivity index (χ2v) is 8.13. The standard InChI is InChI=1S/C28H21NO5/c1-4-15-9-11-20-18(13-15)23-24(28(30)34-20)25(16-10-12-21(31-2)22(14-16)32-3)29-26-17-7-5-6-8-19(17)33-27(23)26/h5-14H,4H2,1-3H3. The normalized spacial score (nSPS) is 11.6. The van der Waals surface area contributed by atoms with Crippen LogP contribution in [0.3, 0.4) is 0 Å². The lowest BCUT2D eigenvalue weighted by Gasteiger charge is -2.12. The Morgan fingerprint density at radius 2 is 1.62 bits per heavy atom. The number of benzene rings is 3. The van der Waals surface area contributed by atoms with Crippen molar-refractivity contribution < 1.29 is 18.3 Å². The summed E-state index contributed by atoms with van der Waals surface area (Å²) < 4.78 is 23.0. The van der Waals surface area contributed by atoms with E-state index in [9.17, 15) is 4.79 Å². The number of pyridine rings is 1. The summed E-state index contributed by atoms with van der Waals surface area (Å²) in [5, 5.41) is 2.78. The number of fused-ring (bicyclic) bond motifs is 7. The first kappa shape index (κ1) is 20.3. The number of ether oxygens (including phenoxy) is 2. The monoisotopic (exact) mass is 451 g/mol. The Bertz CT molecular complexity index is 1790. The van der Waals surface area contributed by atoms with E-state index in [4.69, 9.17) is 23.3 Å². The van der Waals surface area contributed by atoms with Crippen LogP contribution < -0.4 is 15.1 Å². The van der Waals surface area contributed by atoms with Crippen LogP contribution in [0.4, 0.5) is 0 Å². The first-order valence-corrected chi connectivity index (χ1v) is 11.1. The Morgan fingerprint density at radius 1 is 0.824 bits per heavy atom. The van der Waals surface area contributed by atoms with Crippen LogP contribution in [0.1, 0.15) is 12.5 Å². The first-order chi connectivity index (χ1) is 16.6. The molecule has 0 unspecified atom stereocenters. The summed E-state index contributed by atoms with van der Waals surface area (Å²) in [6, 6.07) is 19.1. The molecule has 0 aliphatic carbocycles. The quantitative estimate of drug-likeness (QED) is 0.225. The Morgan fingerprint density at radius 3 is 2.41 bits per heavy atom. The molecule has 3 aromatic heterocycles. The molecular weight excluding hydrogens is 430 g/mol. The highest BCUT2D eigenvalue weighted by Gasteiger charge is 2.22. The summed E-state index contributed by atoms with van der Waals surface area (Å²) in [6.07, 6.45) is 0.855. The molecule has 168 valence electrons. The fraction of sp³-hybridized carbons (Fsp3) is 0.143. The third kappa shape index (κ3) is 2.88. The minimum absolute atomic E-state index is 0.375. The van der Waals surface area contributed by atoms with Crippen molar-refractivity contribution in [3.8, 4) is 22.8 Å². The summed E-state index contributed by atoms with van der Waals surface area (Å²) in [6.45, 7) is 2.09. The minimum Gasteiger partial charge on any atom is -0.493 e. The average Bonchev–Trinajstić information content (AvgIpc) is 3.26. The van der Waals surface area contributed by atoms with Crippen LogP contribution in [-0.2, 0) is 6.42 Å². The van der Waals surface area contributed by atoms with Crippen LogP contribution in [0.5, 0.6) is 11.5 Å². The molecule has 3 heterocycles. The number of aryl methyl sites for hydroxylation is 1. The second-order valence-electron chi connectivity index (χ2n) is 8.13. The molecule has 6 heteroatoms. The van der Waals surface area contributed by atoms with Crippen molar-refractivity contribution >= 4 is 43.8 Å². The lowest BCUT2D eigenvalue weighted by molar-refractivity contribution is 0.355. The maximum absolute atomic E-state index is 13.4. The van der Waals surface area contributed by atoms with E-state index in [0.29, 0.717) is 55.8 Å². The molecule has 6 nitrogen and oxygen atoms in total. The van der Waals surface area contributed by atoms with Crippen LogP contribution in [0.15, 0.2) is 74.3 Å². The van der Waals surface area contributed by atoms with Crippen LogP contribution in [0.25, 0.3) is 55.1 Å². The van der Waals surface area contributed by atoms with Crippen molar-refractivity contribution in [2.45, 2.75) is 13.3 Å². The van der Waals surface area contributed by atoms with Crippen LogP contribution in [0.2, 0.25) is 0 Å². The van der Waals surface area contributed by atoms with Gasteiger partial charge in [0.2, 0.25) is 0 Å². The maximum Gasteiger partial charge on any atom is 0.346 e. The van der Waals surface area contributed by atoms with Gasteiger partial charge in [0.15, 0.2) is 17.1 Å². The second kappa shape index (κ2) is 7.63. The molecule has 0 aliphatic rings. The van der Waals surface area contributed by atoms with Gasteiger partial charge in [0.05, 0.1) is 25.3 Å². The molecule has 6 rings (SSSR count). The lowest BCUT2D eigenvalue weighted by atomic mass is 9.99. The van der Waals surface area contributed by atoms with Gasteiger partial charge in [0, 0.05) is 21.7 Å². The van der Waals surface area contributed by atoms with Gasteiger partial charge in [-0.15, -0.1) is 0 Å². The zero-order valence-corrected chi connectivity index (χ0v) is 19.0. The van der Waals surface area contributed by atoms with E-state index in [1.165, 1.54) is 0 Å². The topological polar surface area (TPSA) is 74.7 Å². The molecule has 6 aromatic rings. The van der Waals surface area contributed by atoms with E-state index in [1.54, 1.807) is 20.3 Å². The molecule has 0 amide bonds. The van der Waals surface area contributed by atoms with Crippen molar-refractivity contribution in [3.63, 3.8) is 0 Å². The Hall–Kier alpha value is -4.32. The lowest BCUT2D eigenvalue weighted by Crippen LogP contribution is -2.04. The number of nitrogens with zero attached hydrogens (tertiary/aromatic N) is 1.